The second-order valence-corrected chi connectivity index (χ2v) is 3.88. The summed E-state index contributed by atoms with van der Waals surface area (Å²) in [5, 5.41) is 0.498. The van der Waals surface area contributed by atoms with Crippen LogP contribution >= 0.6 is 11.6 Å². The van der Waals surface area contributed by atoms with Gasteiger partial charge in [0.2, 0.25) is 0 Å². The Hall–Kier alpha value is -1.74. The molecule has 0 atom stereocenters. The van der Waals surface area contributed by atoms with Crippen LogP contribution in [-0.4, -0.2) is 0 Å². The van der Waals surface area contributed by atoms with Gasteiger partial charge < -0.3 is 11.5 Å². The lowest BCUT2D eigenvalue weighted by Gasteiger charge is -2.08. The molecular weight excluding hydrogens is 227 g/mol. The minimum absolute atomic E-state index is 0.289. The van der Waals surface area contributed by atoms with Crippen LogP contribution in [0.2, 0.25) is 5.02 Å². The summed E-state index contributed by atoms with van der Waals surface area (Å²) >= 11 is 6.05. The highest BCUT2D eigenvalue weighted by molar-refractivity contribution is 6.33. The molecule has 2 rings (SSSR count). The van der Waals surface area contributed by atoms with Gasteiger partial charge in [0.15, 0.2) is 0 Å². The summed E-state index contributed by atoms with van der Waals surface area (Å²) < 4.78 is 12.8. The van der Waals surface area contributed by atoms with Crippen LogP contribution in [-0.2, 0) is 0 Å². The van der Waals surface area contributed by atoms with Gasteiger partial charge in [0.25, 0.3) is 0 Å². The summed E-state index contributed by atoms with van der Waals surface area (Å²) in [5.41, 5.74) is 13.8. The van der Waals surface area contributed by atoms with Gasteiger partial charge in [0.05, 0.1) is 16.4 Å². The predicted octanol–water partition coefficient (Wildman–Crippen LogP) is 3.31. The number of nitrogens with two attached hydrogens (primary N) is 2. The molecule has 16 heavy (non-hydrogen) atoms. The normalized spacial score (nSPS) is 10.4. The minimum atomic E-state index is -0.289. The topological polar surface area (TPSA) is 52.0 Å². The Kier molecular flexibility index (Phi) is 2.71. The Labute approximate surface area is 97.6 Å². The number of hydrogen-bond donors (Lipinski definition) is 2. The maximum absolute atomic E-state index is 12.8. The van der Waals surface area contributed by atoms with Gasteiger partial charge in [0.1, 0.15) is 5.82 Å². The van der Waals surface area contributed by atoms with Crippen molar-refractivity contribution in [2.24, 2.45) is 0 Å². The van der Waals surface area contributed by atoms with Gasteiger partial charge in [-0.25, -0.2) is 4.39 Å². The molecule has 2 aromatic rings. The molecule has 0 fully saturated rings. The second-order valence-electron chi connectivity index (χ2n) is 3.47. The van der Waals surface area contributed by atoms with Crippen molar-refractivity contribution in [3.05, 3.63) is 47.2 Å². The Morgan fingerprint density at radius 2 is 1.50 bits per heavy atom. The molecule has 0 heterocycles. The van der Waals surface area contributed by atoms with E-state index >= 15 is 0 Å². The van der Waals surface area contributed by atoms with Crippen LogP contribution in [0.1, 0.15) is 0 Å². The zero-order chi connectivity index (χ0) is 11.7. The maximum atomic E-state index is 12.8. The third-order valence-electron chi connectivity index (χ3n) is 2.33. The van der Waals surface area contributed by atoms with E-state index in [2.05, 4.69) is 0 Å². The highest BCUT2D eigenvalue weighted by atomic mass is 35.5. The zero-order valence-corrected chi connectivity index (χ0v) is 9.13. The molecule has 0 aliphatic heterocycles. The van der Waals surface area contributed by atoms with Gasteiger partial charge in [0, 0.05) is 5.56 Å². The molecule has 0 aromatic heterocycles. The van der Waals surface area contributed by atoms with Crippen LogP contribution in [0.4, 0.5) is 15.8 Å². The quantitative estimate of drug-likeness (QED) is 0.747. The molecule has 2 aromatic carbocycles. The molecule has 82 valence electrons. The van der Waals surface area contributed by atoms with Crippen molar-refractivity contribution in [2.45, 2.75) is 0 Å². The number of hydrogen-bond acceptors (Lipinski definition) is 2. The molecule has 0 bridgehead atoms. The van der Waals surface area contributed by atoms with Crippen molar-refractivity contribution >= 4 is 23.0 Å². The number of nitrogen functional groups attached to an aromatic ring is 2. The lowest BCUT2D eigenvalue weighted by molar-refractivity contribution is 0.628. The summed E-state index contributed by atoms with van der Waals surface area (Å²) in [6, 6.07) is 9.31. The van der Waals surface area contributed by atoms with E-state index in [-0.39, 0.29) is 5.82 Å². The van der Waals surface area contributed by atoms with E-state index in [1.54, 1.807) is 24.3 Å². The van der Waals surface area contributed by atoms with Crippen LogP contribution in [0.3, 0.4) is 0 Å². The lowest BCUT2D eigenvalue weighted by Crippen LogP contribution is -1.95. The summed E-state index contributed by atoms with van der Waals surface area (Å²) in [6.45, 7) is 0. The van der Waals surface area contributed by atoms with Crippen molar-refractivity contribution < 1.29 is 4.39 Å². The van der Waals surface area contributed by atoms with E-state index in [9.17, 15) is 4.39 Å². The summed E-state index contributed by atoms with van der Waals surface area (Å²) in [6.07, 6.45) is 0. The fourth-order valence-electron chi connectivity index (χ4n) is 1.46. The fourth-order valence-corrected chi connectivity index (χ4v) is 1.74. The van der Waals surface area contributed by atoms with E-state index < -0.39 is 0 Å². The zero-order valence-electron chi connectivity index (χ0n) is 8.37. The first-order chi connectivity index (χ1) is 7.58. The largest absolute Gasteiger partial charge is 0.397 e. The molecule has 4 N–H and O–H groups in total. The molecule has 0 saturated carbocycles. The maximum Gasteiger partial charge on any atom is 0.123 e. The van der Waals surface area contributed by atoms with Crippen LogP contribution < -0.4 is 11.5 Å². The fraction of sp³-hybridized carbons (Fsp3) is 0. The van der Waals surface area contributed by atoms with Crippen molar-refractivity contribution in [1.82, 2.24) is 0 Å². The van der Waals surface area contributed by atoms with Crippen molar-refractivity contribution in [3.8, 4) is 11.1 Å². The van der Waals surface area contributed by atoms with Crippen LogP contribution in [0.25, 0.3) is 11.1 Å². The Balaban J connectivity index is 2.56. The van der Waals surface area contributed by atoms with Gasteiger partial charge >= 0.3 is 0 Å². The average Bonchev–Trinajstić information content (AvgIpc) is 2.25. The SMILES string of the molecule is Nc1cc(Cl)c(-c2ccc(F)cc2)cc1N. The molecule has 2 nitrogen and oxygen atoms in total. The van der Waals surface area contributed by atoms with Gasteiger partial charge in [-0.05, 0) is 29.8 Å². The van der Waals surface area contributed by atoms with E-state index in [0.29, 0.717) is 16.4 Å². The molecule has 0 aliphatic carbocycles. The van der Waals surface area contributed by atoms with Crippen molar-refractivity contribution in [2.75, 3.05) is 11.5 Å². The Morgan fingerprint density at radius 1 is 0.938 bits per heavy atom. The van der Waals surface area contributed by atoms with Gasteiger partial charge in [-0.15, -0.1) is 0 Å². The van der Waals surface area contributed by atoms with Crippen LogP contribution in [0, 0.1) is 5.82 Å². The molecule has 0 aliphatic rings. The number of benzene rings is 2. The molecule has 0 saturated heterocycles. The Bertz CT molecular complexity index is 523. The lowest BCUT2D eigenvalue weighted by atomic mass is 10.0. The predicted molar refractivity (Wildman–Crippen MR) is 65.7 cm³/mol. The highest BCUT2D eigenvalue weighted by Crippen LogP contribution is 2.33. The number of halogens is 2. The molecule has 4 heteroatoms. The average molecular weight is 237 g/mol. The standard InChI is InChI=1S/C12H10ClFN2/c13-10-6-12(16)11(15)5-9(10)7-1-3-8(14)4-2-7/h1-6H,15-16H2. The van der Waals surface area contributed by atoms with Crippen molar-refractivity contribution in [3.63, 3.8) is 0 Å². The third-order valence-corrected chi connectivity index (χ3v) is 2.64. The summed E-state index contributed by atoms with van der Waals surface area (Å²) in [7, 11) is 0. The third kappa shape index (κ3) is 1.95. The first-order valence-electron chi connectivity index (χ1n) is 4.68. The monoisotopic (exact) mass is 236 g/mol. The number of rotatable bonds is 1. The molecule has 0 amide bonds. The molecule has 0 unspecified atom stereocenters. The van der Waals surface area contributed by atoms with Gasteiger partial charge in [-0.2, -0.15) is 0 Å². The van der Waals surface area contributed by atoms with E-state index in [4.69, 9.17) is 23.1 Å². The molecule has 0 spiro atoms. The molecule has 0 radical (unpaired) electrons. The molecular formula is C12H10ClFN2. The van der Waals surface area contributed by atoms with Gasteiger partial charge in [-0.1, -0.05) is 23.7 Å². The van der Waals surface area contributed by atoms with Crippen molar-refractivity contribution in [1.29, 1.82) is 0 Å². The van der Waals surface area contributed by atoms with Crippen LogP contribution in [0.15, 0.2) is 36.4 Å². The van der Waals surface area contributed by atoms with E-state index in [1.807, 2.05) is 0 Å². The minimum Gasteiger partial charge on any atom is -0.397 e. The summed E-state index contributed by atoms with van der Waals surface area (Å²) in [4.78, 5) is 0. The van der Waals surface area contributed by atoms with Gasteiger partial charge in [-0.3, -0.25) is 0 Å². The first-order valence-corrected chi connectivity index (χ1v) is 5.06. The summed E-state index contributed by atoms with van der Waals surface area (Å²) in [5.74, 6) is -0.289. The second kappa shape index (κ2) is 4.02. The van der Waals surface area contributed by atoms with Crippen LogP contribution in [0.5, 0.6) is 0 Å². The number of anilines is 2. The first kappa shape index (κ1) is 10.8. The van der Waals surface area contributed by atoms with E-state index in [0.717, 1.165) is 11.1 Å². The van der Waals surface area contributed by atoms with E-state index in [1.165, 1.54) is 12.1 Å². The highest BCUT2D eigenvalue weighted by Gasteiger charge is 2.06. The smallest absolute Gasteiger partial charge is 0.123 e. The Morgan fingerprint density at radius 3 is 2.12 bits per heavy atom.